The van der Waals surface area contributed by atoms with Crippen LogP contribution in [0, 0.1) is 6.92 Å². The second-order valence-electron chi connectivity index (χ2n) is 3.57. The summed E-state index contributed by atoms with van der Waals surface area (Å²) in [6, 6.07) is 8.68. The predicted octanol–water partition coefficient (Wildman–Crippen LogP) is 0.659. The second-order valence-corrected chi connectivity index (χ2v) is 3.57. The van der Waals surface area contributed by atoms with Crippen LogP contribution in [0.2, 0.25) is 0 Å². The van der Waals surface area contributed by atoms with Crippen LogP contribution in [-0.2, 0) is 0 Å². The highest BCUT2D eigenvalue weighted by Crippen LogP contribution is 2.10. The van der Waals surface area contributed by atoms with Crippen molar-refractivity contribution in [1.29, 1.82) is 0 Å². The molecular formula is C11H8N2O2. The molecule has 4 heteroatoms. The average Bonchev–Trinajstić information content (AvgIpc) is 2.68. The number of benzene rings is 1. The van der Waals surface area contributed by atoms with Gasteiger partial charge in [-0.1, -0.05) is 12.1 Å². The van der Waals surface area contributed by atoms with Crippen molar-refractivity contribution in [2.45, 2.75) is 6.92 Å². The molecule has 0 fully saturated rings. The lowest BCUT2D eigenvalue weighted by Crippen LogP contribution is -2.20. The van der Waals surface area contributed by atoms with E-state index in [2.05, 4.69) is 0 Å². The molecule has 2 aromatic heterocycles. The molecule has 3 rings (SSSR count). The summed E-state index contributed by atoms with van der Waals surface area (Å²) in [6.45, 7) is 1.81. The zero-order valence-corrected chi connectivity index (χ0v) is 8.10. The van der Waals surface area contributed by atoms with E-state index < -0.39 is 0 Å². The summed E-state index contributed by atoms with van der Waals surface area (Å²) in [7, 11) is 0. The number of aromatic nitrogens is 2. The maximum absolute atomic E-state index is 11.9. The van der Waals surface area contributed by atoms with Crippen molar-refractivity contribution in [3.63, 3.8) is 0 Å². The van der Waals surface area contributed by atoms with Crippen LogP contribution in [-0.4, -0.2) is 9.03 Å². The molecule has 74 valence electrons. The molecular weight excluding hydrogens is 192 g/mol. The molecule has 4 nitrogen and oxygen atoms in total. The molecule has 0 unspecified atom stereocenters. The van der Waals surface area contributed by atoms with Crippen LogP contribution in [0.25, 0.3) is 10.9 Å². The van der Waals surface area contributed by atoms with Gasteiger partial charge in [0.25, 0.3) is 11.1 Å². The summed E-state index contributed by atoms with van der Waals surface area (Å²) in [5.74, 6) is 0. The van der Waals surface area contributed by atoms with Crippen LogP contribution in [0.4, 0.5) is 0 Å². The van der Waals surface area contributed by atoms with Gasteiger partial charge in [-0.3, -0.25) is 9.59 Å². The Morgan fingerprint density at radius 3 is 2.60 bits per heavy atom. The molecule has 1 aromatic carbocycles. The van der Waals surface area contributed by atoms with E-state index in [4.69, 9.17) is 0 Å². The monoisotopic (exact) mass is 200 g/mol. The van der Waals surface area contributed by atoms with E-state index in [9.17, 15) is 9.59 Å². The summed E-state index contributed by atoms with van der Waals surface area (Å²) < 4.78 is 2.82. The van der Waals surface area contributed by atoms with Crippen LogP contribution in [0.3, 0.4) is 0 Å². The van der Waals surface area contributed by atoms with Gasteiger partial charge in [0.1, 0.15) is 0 Å². The molecule has 0 N–H and O–H groups in total. The molecule has 0 spiro atoms. The van der Waals surface area contributed by atoms with E-state index in [1.807, 2.05) is 19.1 Å². The van der Waals surface area contributed by atoms with Crippen molar-refractivity contribution in [2.24, 2.45) is 0 Å². The SMILES string of the molecule is Cc1cc(=O)n2c(=O)c3ccccc3n12. The van der Waals surface area contributed by atoms with Gasteiger partial charge in [0.2, 0.25) is 0 Å². The molecule has 0 radical (unpaired) electrons. The first kappa shape index (κ1) is 8.23. The van der Waals surface area contributed by atoms with Gasteiger partial charge >= 0.3 is 0 Å². The lowest BCUT2D eigenvalue weighted by atomic mass is 10.2. The summed E-state index contributed by atoms with van der Waals surface area (Å²) in [5.41, 5.74) is 1.04. The molecule has 0 aliphatic carbocycles. The molecule has 0 aliphatic rings. The molecule has 0 aliphatic heterocycles. The Morgan fingerprint density at radius 1 is 1.07 bits per heavy atom. The lowest BCUT2D eigenvalue weighted by Gasteiger charge is -1.92. The molecule has 2 heterocycles. The van der Waals surface area contributed by atoms with Crippen LogP contribution < -0.4 is 11.1 Å². The Balaban J connectivity index is 2.85. The molecule has 0 bridgehead atoms. The maximum Gasteiger partial charge on any atom is 0.282 e. The third-order valence-corrected chi connectivity index (χ3v) is 2.63. The Morgan fingerprint density at radius 2 is 1.80 bits per heavy atom. The van der Waals surface area contributed by atoms with E-state index >= 15 is 0 Å². The van der Waals surface area contributed by atoms with Crippen molar-refractivity contribution < 1.29 is 0 Å². The first-order valence-electron chi connectivity index (χ1n) is 4.66. The van der Waals surface area contributed by atoms with Crippen molar-refractivity contribution >= 4 is 10.9 Å². The molecule has 3 aromatic rings. The van der Waals surface area contributed by atoms with Crippen molar-refractivity contribution in [3.8, 4) is 0 Å². The Bertz CT molecular complexity index is 767. The number of fused-ring (bicyclic) bond motifs is 3. The van der Waals surface area contributed by atoms with Gasteiger partial charge < -0.3 is 0 Å². The molecule has 0 saturated carbocycles. The van der Waals surface area contributed by atoms with E-state index in [0.717, 1.165) is 11.2 Å². The normalized spacial score (nSPS) is 11.5. The number of nitrogens with zero attached hydrogens (tertiary/aromatic N) is 2. The molecule has 0 saturated heterocycles. The van der Waals surface area contributed by atoms with Gasteiger partial charge in [-0.15, -0.1) is 0 Å². The van der Waals surface area contributed by atoms with Gasteiger partial charge in [-0.05, 0) is 19.1 Å². The smallest absolute Gasteiger partial charge is 0.267 e. The Kier molecular flexibility index (Phi) is 1.36. The van der Waals surface area contributed by atoms with Gasteiger partial charge in [-0.2, -0.15) is 4.52 Å². The fourth-order valence-corrected chi connectivity index (χ4v) is 2.00. The highest BCUT2D eigenvalue weighted by molar-refractivity contribution is 5.78. The van der Waals surface area contributed by atoms with Crippen molar-refractivity contribution in [1.82, 2.24) is 9.03 Å². The standard InChI is InChI=1S/C11H8N2O2/c1-7-6-10(14)13-11(15)8-4-2-3-5-9(8)12(7)13/h2-6H,1H3. The fraction of sp³-hybridized carbons (Fsp3) is 0.0909. The van der Waals surface area contributed by atoms with Gasteiger partial charge in [0, 0.05) is 11.8 Å². The largest absolute Gasteiger partial charge is 0.282 e. The van der Waals surface area contributed by atoms with E-state index in [1.165, 1.54) is 10.6 Å². The summed E-state index contributed by atoms with van der Waals surface area (Å²) in [6.07, 6.45) is 0. The van der Waals surface area contributed by atoms with Crippen molar-refractivity contribution in [3.05, 3.63) is 56.7 Å². The van der Waals surface area contributed by atoms with Gasteiger partial charge in [0.05, 0.1) is 10.9 Å². The topological polar surface area (TPSA) is 43.0 Å². The highest BCUT2D eigenvalue weighted by atomic mass is 16.2. The van der Waals surface area contributed by atoms with E-state index in [0.29, 0.717) is 5.39 Å². The summed E-state index contributed by atoms with van der Waals surface area (Å²) in [5, 5.41) is 0.582. The highest BCUT2D eigenvalue weighted by Gasteiger charge is 2.12. The lowest BCUT2D eigenvalue weighted by molar-refractivity contribution is 0.805. The summed E-state index contributed by atoms with van der Waals surface area (Å²) in [4.78, 5) is 23.4. The minimum atomic E-state index is -0.270. The fourth-order valence-electron chi connectivity index (χ4n) is 2.00. The Labute approximate surface area is 84.3 Å². The quantitative estimate of drug-likeness (QED) is 0.535. The molecule has 0 atom stereocenters. The van der Waals surface area contributed by atoms with E-state index in [-0.39, 0.29) is 11.1 Å². The van der Waals surface area contributed by atoms with E-state index in [1.54, 1.807) is 16.6 Å². The Hall–Kier alpha value is -2.10. The number of hydrogen-bond donors (Lipinski definition) is 0. The first-order valence-corrected chi connectivity index (χ1v) is 4.66. The predicted molar refractivity (Wildman–Crippen MR) is 56.8 cm³/mol. The number of aryl methyl sites for hydroxylation is 1. The number of para-hydroxylation sites is 1. The van der Waals surface area contributed by atoms with Gasteiger partial charge in [-0.25, -0.2) is 4.52 Å². The molecule has 15 heavy (non-hydrogen) atoms. The summed E-state index contributed by atoms with van der Waals surface area (Å²) >= 11 is 0. The van der Waals surface area contributed by atoms with Crippen LogP contribution in [0.1, 0.15) is 5.69 Å². The minimum Gasteiger partial charge on any atom is -0.267 e. The van der Waals surface area contributed by atoms with Crippen LogP contribution in [0.15, 0.2) is 39.9 Å². The maximum atomic E-state index is 11.9. The van der Waals surface area contributed by atoms with Crippen LogP contribution >= 0.6 is 0 Å². The third kappa shape index (κ3) is 0.857. The van der Waals surface area contributed by atoms with Gasteiger partial charge in [0.15, 0.2) is 0 Å². The first-order chi connectivity index (χ1) is 7.20. The van der Waals surface area contributed by atoms with Crippen molar-refractivity contribution in [2.75, 3.05) is 0 Å². The number of hydrogen-bond acceptors (Lipinski definition) is 2. The minimum absolute atomic E-state index is 0.247. The zero-order valence-electron chi connectivity index (χ0n) is 8.10. The third-order valence-electron chi connectivity index (χ3n) is 2.63. The second kappa shape index (κ2) is 2.48. The molecule has 0 amide bonds. The number of rotatable bonds is 0. The zero-order chi connectivity index (χ0) is 10.6. The average molecular weight is 200 g/mol. The van der Waals surface area contributed by atoms with Crippen LogP contribution in [0.5, 0.6) is 0 Å².